The van der Waals surface area contributed by atoms with Crippen LogP contribution in [-0.4, -0.2) is 29.3 Å². The van der Waals surface area contributed by atoms with E-state index in [2.05, 4.69) is 4.98 Å². The van der Waals surface area contributed by atoms with E-state index in [9.17, 15) is 4.79 Å². The molecule has 0 fully saturated rings. The molecule has 0 amide bonds. The highest BCUT2D eigenvalue weighted by molar-refractivity contribution is 7.19. The molecule has 0 radical (unpaired) electrons. The van der Waals surface area contributed by atoms with Crippen LogP contribution in [-0.2, 0) is 4.79 Å². The first-order chi connectivity index (χ1) is 13.9. The van der Waals surface area contributed by atoms with E-state index in [0.717, 1.165) is 26.4 Å². The number of benzene rings is 2. The van der Waals surface area contributed by atoms with Gasteiger partial charge in [0.2, 0.25) is 0 Å². The molecule has 0 unspecified atom stereocenters. The van der Waals surface area contributed by atoms with Gasteiger partial charge >= 0.3 is 5.97 Å². The van der Waals surface area contributed by atoms with Crippen molar-refractivity contribution in [3.63, 3.8) is 0 Å². The minimum atomic E-state index is -0.853. The van der Waals surface area contributed by atoms with Gasteiger partial charge in [-0.3, -0.25) is 4.79 Å². The van der Waals surface area contributed by atoms with Crippen LogP contribution < -0.4 is 9.47 Å². The van der Waals surface area contributed by atoms with E-state index in [1.165, 1.54) is 0 Å². The average Bonchev–Trinajstić information content (AvgIpc) is 3.10. The number of para-hydroxylation sites is 1. The fourth-order valence-electron chi connectivity index (χ4n) is 2.87. The summed E-state index contributed by atoms with van der Waals surface area (Å²) >= 11 is 7.98. The molecular formula is C22H22ClNO4S. The first-order valence-corrected chi connectivity index (χ1v) is 10.4. The number of carboxylic acid groups (broad SMARTS) is 1. The molecule has 1 aromatic heterocycles. The molecule has 2 aromatic carbocycles. The highest BCUT2D eigenvalue weighted by Gasteiger charge is 2.15. The van der Waals surface area contributed by atoms with Crippen molar-refractivity contribution < 1.29 is 19.4 Å². The molecule has 7 heteroatoms. The highest BCUT2D eigenvalue weighted by atomic mass is 35.5. The smallest absolute Gasteiger partial charge is 0.303 e. The number of allylic oxidation sites excluding steroid dienone is 1. The fourth-order valence-corrected chi connectivity index (χ4v) is 4.14. The van der Waals surface area contributed by atoms with E-state index in [4.69, 9.17) is 26.2 Å². The second kappa shape index (κ2) is 9.29. The molecule has 0 saturated heterocycles. The third-order valence-corrected chi connectivity index (χ3v) is 5.52. The van der Waals surface area contributed by atoms with E-state index in [-0.39, 0.29) is 12.5 Å². The molecule has 0 saturated carbocycles. The standard InChI is InChI=1S/C22H22ClNO4S/c1-13(2)28-21-16(23)11-14(12-18(21)27-3)10-15(8-9-20(25)26)22-24-17-6-4-5-7-19(17)29-22/h4-7,10-13H,8-9H2,1-3H3,(H,25,26)/b15-10-. The Morgan fingerprint density at radius 1 is 1.28 bits per heavy atom. The van der Waals surface area contributed by atoms with Crippen molar-refractivity contribution in [2.24, 2.45) is 0 Å². The molecule has 0 bridgehead atoms. The maximum absolute atomic E-state index is 11.2. The van der Waals surface area contributed by atoms with Gasteiger partial charge in [-0.25, -0.2) is 4.98 Å². The van der Waals surface area contributed by atoms with Gasteiger partial charge < -0.3 is 14.6 Å². The number of aromatic nitrogens is 1. The number of rotatable bonds is 8. The van der Waals surface area contributed by atoms with E-state index >= 15 is 0 Å². The molecule has 5 nitrogen and oxygen atoms in total. The van der Waals surface area contributed by atoms with Gasteiger partial charge in [-0.15, -0.1) is 11.3 Å². The zero-order valence-electron chi connectivity index (χ0n) is 16.4. The zero-order chi connectivity index (χ0) is 21.0. The molecule has 3 aromatic rings. The van der Waals surface area contributed by atoms with Crippen molar-refractivity contribution in [2.75, 3.05) is 7.11 Å². The zero-order valence-corrected chi connectivity index (χ0v) is 18.0. The predicted molar refractivity (Wildman–Crippen MR) is 118 cm³/mol. The van der Waals surface area contributed by atoms with Gasteiger partial charge in [0.15, 0.2) is 11.5 Å². The largest absolute Gasteiger partial charge is 0.493 e. The monoisotopic (exact) mass is 431 g/mol. The van der Waals surface area contributed by atoms with E-state index in [1.54, 1.807) is 24.5 Å². The van der Waals surface area contributed by atoms with Crippen LogP contribution >= 0.6 is 22.9 Å². The minimum absolute atomic E-state index is 0.0150. The lowest BCUT2D eigenvalue weighted by Crippen LogP contribution is -2.07. The van der Waals surface area contributed by atoms with Gasteiger partial charge in [-0.05, 0) is 61.7 Å². The van der Waals surface area contributed by atoms with Gasteiger partial charge in [0, 0.05) is 6.42 Å². The molecule has 152 valence electrons. The normalized spacial score (nSPS) is 11.8. The van der Waals surface area contributed by atoms with Crippen LogP contribution in [0.4, 0.5) is 0 Å². The Hall–Kier alpha value is -2.57. The van der Waals surface area contributed by atoms with Crippen LogP contribution in [0.1, 0.15) is 37.3 Å². The van der Waals surface area contributed by atoms with Crippen molar-refractivity contribution in [1.82, 2.24) is 4.98 Å². The Kier molecular flexibility index (Phi) is 6.77. The van der Waals surface area contributed by atoms with Gasteiger partial charge in [0.25, 0.3) is 0 Å². The minimum Gasteiger partial charge on any atom is -0.493 e. The number of carbonyl (C=O) groups is 1. The van der Waals surface area contributed by atoms with Crippen molar-refractivity contribution in [2.45, 2.75) is 32.8 Å². The van der Waals surface area contributed by atoms with E-state index < -0.39 is 5.97 Å². The molecule has 0 atom stereocenters. The number of hydrogen-bond acceptors (Lipinski definition) is 5. The molecule has 0 aliphatic heterocycles. The number of thiazole rings is 1. The lowest BCUT2D eigenvalue weighted by molar-refractivity contribution is -0.136. The van der Waals surface area contributed by atoms with E-state index in [1.807, 2.05) is 50.3 Å². The van der Waals surface area contributed by atoms with Crippen LogP contribution in [0.15, 0.2) is 36.4 Å². The van der Waals surface area contributed by atoms with Crippen LogP contribution in [0.25, 0.3) is 21.9 Å². The van der Waals surface area contributed by atoms with Crippen LogP contribution in [0, 0.1) is 0 Å². The number of fused-ring (bicyclic) bond motifs is 1. The van der Waals surface area contributed by atoms with Gasteiger partial charge in [-0.1, -0.05) is 23.7 Å². The van der Waals surface area contributed by atoms with Gasteiger partial charge in [0.1, 0.15) is 5.01 Å². The Morgan fingerprint density at radius 3 is 2.69 bits per heavy atom. The van der Waals surface area contributed by atoms with Crippen LogP contribution in [0.5, 0.6) is 11.5 Å². The SMILES string of the molecule is COc1cc(/C=C(/CCC(=O)O)c2nc3ccccc3s2)cc(Cl)c1OC(C)C. The molecule has 3 rings (SSSR count). The van der Waals surface area contributed by atoms with Gasteiger partial charge in [-0.2, -0.15) is 0 Å². The van der Waals surface area contributed by atoms with Crippen molar-refractivity contribution in [1.29, 1.82) is 0 Å². The summed E-state index contributed by atoms with van der Waals surface area (Å²) in [5.74, 6) is 0.168. The van der Waals surface area contributed by atoms with Crippen molar-refractivity contribution in [3.05, 3.63) is 52.0 Å². The Labute approximate surface area is 178 Å². The summed E-state index contributed by atoms with van der Waals surface area (Å²) < 4.78 is 12.3. The lowest BCUT2D eigenvalue weighted by Gasteiger charge is -2.16. The van der Waals surface area contributed by atoms with Crippen molar-refractivity contribution in [3.8, 4) is 11.5 Å². The molecule has 1 heterocycles. The molecule has 1 N–H and O–H groups in total. The third kappa shape index (κ3) is 5.28. The first-order valence-electron chi connectivity index (χ1n) is 9.20. The molecule has 0 aliphatic rings. The fraction of sp³-hybridized carbons (Fsp3) is 0.273. The maximum Gasteiger partial charge on any atom is 0.303 e. The van der Waals surface area contributed by atoms with E-state index in [0.29, 0.717) is 22.9 Å². The molecule has 29 heavy (non-hydrogen) atoms. The summed E-state index contributed by atoms with van der Waals surface area (Å²) in [5, 5.41) is 10.4. The predicted octanol–water partition coefficient (Wildman–Crippen LogP) is 6.15. The molecule has 0 spiro atoms. The average molecular weight is 432 g/mol. The second-order valence-electron chi connectivity index (χ2n) is 6.75. The summed E-state index contributed by atoms with van der Waals surface area (Å²) in [4.78, 5) is 15.8. The number of aliphatic carboxylic acids is 1. The summed E-state index contributed by atoms with van der Waals surface area (Å²) in [7, 11) is 1.56. The Balaban J connectivity index is 2.05. The Bertz CT molecular complexity index is 1030. The van der Waals surface area contributed by atoms with Crippen LogP contribution in [0.2, 0.25) is 5.02 Å². The summed E-state index contributed by atoms with van der Waals surface area (Å²) in [5.41, 5.74) is 2.52. The number of methoxy groups -OCH3 is 1. The van der Waals surface area contributed by atoms with Crippen molar-refractivity contribution >= 4 is 50.8 Å². The summed E-state index contributed by atoms with van der Waals surface area (Å²) in [6.07, 6.45) is 2.24. The summed E-state index contributed by atoms with van der Waals surface area (Å²) in [6.45, 7) is 3.83. The second-order valence-corrected chi connectivity index (χ2v) is 8.19. The maximum atomic E-state index is 11.2. The quantitative estimate of drug-likeness (QED) is 0.463. The number of carboxylic acids is 1. The lowest BCUT2D eigenvalue weighted by atomic mass is 10.1. The number of hydrogen-bond donors (Lipinski definition) is 1. The number of halogens is 1. The Morgan fingerprint density at radius 2 is 2.03 bits per heavy atom. The molecule has 0 aliphatic carbocycles. The topological polar surface area (TPSA) is 68.7 Å². The third-order valence-electron chi connectivity index (χ3n) is 4.12. The van der Waals surface area contributed by atoms with Gasteiger partial charge in [0.05, 0.1) is 28.5 Å². The molecular weight excluding hydrogens is 410 g/mol. The highest BCUT2D eigenvalue weighted by Crippen LogP contribution is 2.39. The first kappa shape index (κ1) is 21.1. The number of nitrogens with zero attached hydrogens (tertiary/aromatic N) is 1. The number of ether oxygens (including phenoxy) is 2. The van der Waals surface area contributed by atoms with Crippen LogP contribution in [0.3, 0.4) is 0 Å². The summed E-state index contributed by atoms with van der Waals surface area (Å²) in [6, 6.07) is 11.5.